The molecule has 1 aromatic heterocycles. The summed E-state index contributed by atoms with van der Waals surface area (Å²) in [6.07, 6.45) is -0.423. The van der Waals surface area contributed by atoms with Gasteiger partial charge in [0.15, 0.2) is 0 Å². The third-order valence-electron chi connectivity index (χ3n) is 8.69. The predicted molar refractivity (Wildman–Crippen MR) is 119 cm³/mol. The van der Waals surface area contributed by atoms with E-state index >= 15 is 0 Å². The van der Waals surface area contributed by atoms with E-state index in [0.29, 0.717) is 30.3 Å². The molecule has 8 heteroatoms. The Hall–Kier alpha value is -2.61. The maximum absolute atomic E-state index is 13.8. The normalized spacial score (nSPS) is 31.1. The highest BCUT2D eigenvalue weighted by Crippen LogP contribution is 2.55. The fraction of sp³-hybridized carbons (Fsp3) is 0.538. The summed E-state index contributed by atoms with van der Waals surface area (Å²) in [5.74, 6) is 1.18. The second kappa shape index (κ2) is 7.70. The van der Waals surface area contributed by atoms with Crippen molar-refractivity contribution in [2.24, 2.45) is 11.3 Å². The van der Waals surface area contributed by atoms with Crippen LogP contribution in [0.5, 0.6) is 5.75 Å². The first kappa shape index (κ1) is 21.9. The van der Waals surface area contributed by atoms with Crippen molar-refractivity contribution in [3.63, 3.8) is 0 Å². The summed E-state index contributed by atoms with van der Waals surface area (Å²) in [4.78, 5) is 22.3. The van der Waals surface area contributed by atoms with Crippen LogP contribution in [0, 0.1) is 11.3 Å². The average Bonchev–Trinajstić information content (AvgIpc) is 3.25. The number of benzene rings is 1. The van der Waals surface area contributed by atoms with Crippen LogP contribution in [0.3, 0.4) is 0 Å². The van der Waals surface area contributed by atoms with E-state index in [9.17, 15) is 18.0 Å². The van der Waals surface area contributed by atoms with E-state index < -0.39 is 17.2 Å². The van der Waals surface area contributed by atoms with Gasteiger partial charge in [0, 0.05) is 55.6 Å². The van der Waals surface area contributed by atoms with Crippen molar-refractivity contribution in [3.05, 3.63) is 58.9 Å². The number of fused-ring (bicyclic) bond motifs is 3. The number of halogens is 3. The van der Waals surface area contributed by atoms with Crippen molar-refractivity contribution in [2.45, 2.75) is 64.0 Å². The molecule has 0 radical (unpaired) electrons. The first-order valence-electron chi connectivity index (χ1n) is 12.1. The van der Waals surface area contributed by atoms with Crippen molar-refractivity contribution in [1.29, 1.82) is 0 Å². The highest BCUT2D eigenvalue weighted by atomic mass is 19.4. The zero-order valence-corrected chi connectivity index (χ0v) is 19.1. The lowest BCUT2D eigenvalue weighted by molar-refractivity contribution is -0.138. The molecule has 1 saturated heterocycles. The van der Waals surface area contributed by atoms with Gasteiger partial charge in [-0.3, -0.25) is 14.7 Å². The molecule has 0 N–H and O–H groups in total. The number of rotatable bonds is 1. The second-order valence-electron chi connectivity index (χ2n) is 10.3. The fourth-order valence-electron chi connectivity index (χ4n) is 6.77. The van der Waals surface area contributed by atoms with Gasteiger partial charge >= 0.3 is 6.18 Å². The second-order valence-corrected chi connectivity index (χ2v) is 10.3. The van der Waals surface area contributed by atoms with Crippen LogP contribution in [0.25, 0.3) is 0 Å². The Morgan fingerprint density at radius 3 is 2.82 bits per heavy atom. The SMILES string of the molecule is CC1C2Cc3ncc(C(F)(F)F)cc3CN2C(=O)[C@]12CCC(N1CCOc3ccccc3C1)C2. The number of hydrogen-bond acceptors (Lipinski definition) is 4. The van der Waals surface area contributed by atoms with Crippen LogP contribution >= 0.6 is 0 Å². The summed E-state index contributed by atoms with van der Waals surface area (Å²) < 4.78 is 45.6. The molecule has 6 rings (SSSR count). The zero-order valence-electron chi connectivity index (χ0n) is 19.1. The van der Waals surface area contributed by atoms with Gasteiger partial charge in [-0.15, -0.1) is 0 Å². The molecule has 34 heavy (non-hydrogen) atoms. The van der Waals surface area contributed by atoms with Crippen LogP contribution in [0.15, 0.2) is 36.5 Å². The van der Waals surface area contributed by atoms with Crippen molar-refractivity contribution < 1.29 is 22.7 Å². The molecular formula is C26H28F3N3O2. The molecule has 3 unspecified atom stereocenters. The van der Waals surface area contributed by atoms with Gasteiger partial charge in [0.2, 0.25) is 5.91 Å². The van der Waals surface area contributed by atoms with Gasteiger partial charge in [-0.25, -0.2) is 0 Å². The maximum Gasteiger partial charge on any atom is 0.417 e. The minimum Gasteiger partial charge on any atom is -0.492 e. The molecule has 3 aliphatic heterocycles. The number of ether oxygens (including phenoxy) is 1. The molecule has 1 aromatic carbocycles. The number of pyridine rings is 1. The first-order valence-corrected chi connectivity index (χ1v) is 12.1. The molecule has 1 spiro atoms. The summed E-state index contributed by atoms with van der Waals surface area (Å²) in [6.45, 7) is 4.63. The van der Waals surface area contributed by atoms with Gasteiger partial charge in [-0.2, -0.15) is 13.2 Å². The Morgan fingerprint density at radius 2 is 2.00 bits per heavy atom. The zero-order chi connectivity index (χ0) is 23.7. The molecule has 4 atom stereocenters. The lowest BCUT2D eigenvalue weighted by atomic mass is 9.73. The van der Waals surface area contributed by atoms with E-state index in [1.165, 1.54) is 11.6 Å². The molecule has 2 aromatic rings. The van der Waals surface area contributed by atoms with Crippen LogP contribution in [0.2, 0.25) is 0 Å². The van der Waals surface area contributed by atoms with E-state index in [2.05, 4.69) is 22.9 Å². The van der Waals surface area contributed by atoms with Crippen molar-refractivity contribution in [3.8, 4) is 5.75 Å². The predicted octanol–water partition coefficient (Wildman–Crippen LogP) is 4.44. The van der Waals surface area contributed by atoms with Crippen LogP contribution < -0.4 is 4.74 Å². The van der Waals surface area contributed by atoms with Crippen LogP contribution in [0.4, 0.5) is 13.2 Å². The fourth-order valence-corrected chi connectivity index (χ4v) is 6.77. The van der Waals surface area contributed by atoms with E-state index in [-0.39, 0.29) is 24.4 Å². The van der Waals surface area contributed by atoms with Crippen molar-refractivity contribution >= 4 is 5.91 Å². The standard InChI is InChI=1S/C26H28F3N3O2/c1-16-22-11-21-18(10-19(13-30-21)26(27,28)29)15-32(22)24(33)25(16)7-6-20(12-25)31-8-9-34-23-5-3-2-4-17(23)14-31/h2-5,10,13,16,20,22H,6-9,11-12,14-15H2,1H3/t16?,20?,22?,25-/m0/s1. The molecule has 4 aliphatic rings. The first-order chi connectivity index (χ1) is 16.3. The number of carbonyl (C=O) groups is 1. The smallest absolute Gasteiger partial charge is 0.417 e. The van der Waals surface area contributed by atoms with Crippen LogP contribution in [-0.2, 0) is 30.5 Å². The Labute approximate surface area is 196 Å². The van der Waals surface area contributed by atoms with Gasteiger partial charge in [0.05, 0.1) is 11.0 Å². The number of alkyl halides is 3. The third-order valence-corrected chi connectivity index (χ3v) is 8.69. The number of aromatic nitrogens is 1. The molecule has 1 saturated carbocycles. The number of nitrogens with zero attached hydrogens (tertiary/aromatic N) is 3. The third kappa shape index (κ3) is 3.33. The summed E-state index contributed by atoms with van der Waals surface area (Å²) in [6, 6.07) is 9.58. The van der Waals surface area contributed by atoms with E-state index in [0.717, 1.165) is 44.3 Å². The monoisotopic (exact) mass is 471 g/mol. The maximum atomic E-state index is 13.8. The molecule has 4 heterocycles. The summed E-state index contributed by atoms with van der Waals surface area (Å²) in [7, 11) is 0. The van der Waals surface area contributed by atoms with Crippen molar-refractivity contribution in [1.82, 2.24) is 14.8 Å². The van der Waals surface area contributed by atoms with Gasteiger partial charge < -0.3 is 9.64 Å². The van der Waals surface area contributed by atoms with Gasteiger partial charge in [0.25, 0.3) is 0 Å². The number of carbonyl (C=O) groups excluding carboxylic acids is 1. The van der Waals surface area contributed by atoms with E-state index in [4.69, 9.17) is 4.74 Å². The van der Waals surface area contributed by atoms with E-state index in [1.54, 1.807) is 0 Å². The van der Waals surface area contributed by atoms with Gasteiger partial charge in [-0.05, 0) is 42.9 Å². The van der Waals surface area contributed by atoms with E-state index in [1.807, 2.05) is 23.1 Å². The lowest BCUT2D eigenvalue weighted by Crippen LogP contribution is -2.41. The molecule has 5 nitrogen and oxygen atoms in total. The summed E-state index contributed by atoms with van der Waals surface area (Å²) in [5, 5.41) is 0. The molecular weight excluding hydrogens is 443 g/mol. The molecule has 2 fully saturated rings. The highest BCUT2D eigenvalue weighted by Gasteiger charge is 2.61. The Balaban J connectivity index is 1.23. The Kier molecular flexibility index (Phi) is 4.96. The Bertz CT molecular complexity index is 1140. The lowest BCUT2D eigenvalue weighted by Gasteiger charge is -2.33. The number of para-hydroxylation sites is 1. The minimum atomic E-state index is -4.43. The molecule has 1 amide bonds. The Morgan fingerprint density at radius 1 is 1.18 bits per heavy atom. The van der Waals surface area contributed by atoms with Gasteiger partial charge in [-0.1, -0.05) is 25.1 Å². The van der Waals surface area contributed by atoms with Gasteiger partial charge in [0.1, 0.15) is 12.4 Å². The molecule has 180 valence electrons. The number of hydrogen-bond donors (Lipinski definition) is 0. The molecule has 1 aliphatic carbocycles. The highest BCUT2D eigenvalue weighted by molar-refractivity contribution is 5.87. The molecule has 0 bridgehead atoms. The van der Waals surface area contributed by atoms with Crippen molar-refractivity contribution in [2.75, 3.05) is 13.2 Å². The van der Waals surface area contributed by atoms with Crippen LogP contribution in [0.1, 0.15) is 48.6 Å². The number of amides is 1. The summed E-state index contributed by atoms with van der Waals surface area (Å²) in [5.41, 5.74) is 1.20. The minimum absolute atomic E-state index is 0.00354. The van der Waals surface area contributed by atoms with Crippen LogP contribution in [-0.4, -0.2) is 45.9 Å². The summed E-state index contributed by atoms with van der Waals surface area (Å²) >= 11 is 0. The largest absolute Gasteiger partial charge is 0.492 e. The quantitative estimate of drug-likeness (QED) is 0.617. The topological polar surface area (TPSA) is 45.7 Å². The average molecular weight is 472 g/mol.